The lowest BCUT2D eigenvalue weighted by Crippen LogP contribution is -1.69. The zero-order chi connectivity index (χ0) is 5.28. The van der Waals surface area contributed by atoms with Crippen molar-refractivity contribution >= 4 is 8.41 Å². The molecule has 0 saturated carbocycles. The summed E-state index contributed by atoms with van der Waals surface area (Å²) in [4.78, 5) is 3.07. The summed E-state index contributed by atoms with van der Waals surface area (Å²) < 4.78 is 0. The summed E-state index contributed by atoms with van der Waals surface area (Å²) >= 11 is 0. The van der Waals surface area contributed by atoms with E-state index >= 15 is 0 Å². The van der Waals surface area contributed by atoms with Crippen LogP contribution in [0.1, 0.15) is 11.3 Å². The lowest BCUT2D eigenvalue weighted by molar-refractivity contribution is 1.23. The van der Waals surface area contributed by atoms with Crippen molar-refractivity contribution in [1.82, 2.24) is 4.98 Å². The van der Waals surface area contributed by atoms with E-state index in [0.29, 0.717) is 0 Å². The third-order valence-electron chi connectivity index (χ3n) is 1.22. The molecule has 0 aliphatic carbocycles. The first-order valence-corrected chi connectivity index (χ1v) is 2.41. The van der Waals surface area contributed by atoms with E-state index < -0.39 is 0 Å². The number of hydrogen-bond acceptors (Lipinski definition) is 0. The molecule has 1 aromatic heterocycles. The minimum absolute atomic E-state index is 0. The van der Waals surface area contributed by atoms with Crippen molar-refractivity contribution in [3.63, 3.8) is 0 Å². The molecule has 1 aromatic rings. The molecule has 1 rings (SSSR count). The van der Waals surface area contributed by atoms with Gasteiger partial charge in [-0.05, 0) is 25.5 Å². The highest BCUT2D eigenvalue weighted by atomic mass is 14.7. The highest BCUT2D eigenvalue weighted by Gasteiger charge is 1.85. The maximum absolute atomic E-state index is 3.07. The van der Waals surface area contributed by atoms with E-state index in [1.165, 1.54) is 11.3 Å². The van der Waals surface area contributed by atoms with Gasteiger partial charge in [0.1, 0.15) is 0 Å². The third-order valence-corrected chi connectivity index (χ3v) is 1.22. The average Bonchev–Trinajstić information content (AvgIpc) is 1.91. The van der Waals surface area contributed by atoms with Crippen molar-refractivity contribution in [2.24, 2.45) is 0 Å². The normalized spacial score (nSPS) is 8.25. The Bertz CT molecular complexity index is 141. The van der Waals surface area contributed by atoms with Gasteiger partial charge in [-0.2, -0.15) is 0 Å². The van der Waals surface area contributed by atoms with Crippen molar-refractivity contribution in [2.45, 2.75) is 13.8 Å². The van der Waals surface area contributed by atoms with E-state index in [4.69, 9.17) is 0 Å². The molecule has 0 unspecified atom stereocenters. The fourth-order valence-corrected chi connectivity index (χ4v) is 0.531. The van der Waals surface area contributed by atoms with Crippen LogP contribution in [0.5, 0.6) is 0 Å². The predicted molar refractivity (Wildman–Crippen MR) is 36.0 cm³/mol. The van der Waals surface area contributed by atoms with Crippen molar-refractivity contribution in [2.75, 3.05) is 0 Å². The number of aryl methyl sites for hydroxylation is 2. The van der Waals surface area contributed by atoms with Crippen molar-refractivity contribution in [1.29, 1.82) is 0 Å². The third kappa shape index (κ3) is 1.16. The van der Waals surface area contributed by atoms with Crippen LogP contribution in [0.15, 0.2) is 12.3 Å². The molecular weight excluding hydrogens is 96.9 g/mol. The molecular formula is C6H9BN. The van der Waals surface area contributed by atoms with Gasteiger partial charge in [-0.15, -0.1) is 0 Å². The Kier molecular flexibility index (Phi) is 2.39. The topological polar surface area (TPSA) is 15.8 Å². The first-order valence-electron chi connectivity index (χ1n) is 2.41. The van der Waals surface area contributed by atoms with Crippen LogP contribution in [0, 0.1) is 13.8 Å². The Labute approximate surface area is 51.7 Å². The lowest BCUT2D eigenvalue weighted by Gasteiger charge is -1.81. The molecule has 1 heterocycles. The van der Waals surface area contributed by atoms with Crippen LogP contribution in [0.3, 0.4) is 0 Å². The maximum atomic E-state index is 3.07. The molecule has 1 N–H and O–H groups in total. The molecule has 0 saturated heterocycles. The Morgan fingerprint density at radius 3 is 2.12 bits per heavy atom. The average molecular weight is 106 g/mol. The Morgan fingerprint density at radius 2 is 2.00 bits per heavy atom. The molecule has 2 heteroatoms. The van der Waals surface area contributed by atoms with Crippen molar-refractivity contribution in [3.05, 3.63) is 23.5 Å². The molecule has 41 valence electrons. The minimum Gasteiger partial charge on any atom is -0.365 e. The van der Waals surface area contributed by atoms with Crippen LogP contribution < -0.4 is 0 Å². The van der Waals surface area contributed by atoms with Crippen LogP contribution in [0.25, 0.3) is 0 Å². The Hall–Kier alpha value is -0.655. The number of nitrogens with one attached hydrogen (secondary N) is 1. The fourth-order valence-electron chi connectivity index (χ4n) is 0.531. The van der Waals surface area contributed by atoms with E-state index in [1.807, 2.05) is 6.20 Å². The van der Waals surface area contributed by atoms with Crippen LogP contribution >= 0.6 is 0 Å². The minimum atomic E-state index is 0. The number of aromatic amines is 1. The second-order valence-electron chi connectivity index (χ2n) is 1.79. The predicted octanol–water partition coefficient (Wildman–Crippen LogP) is 1.25. The van der Waals surface area contributed by atoms with E-state index in [2.05, 4.69) is 24.9 Å². The summed E-state index contributed by atoms with van der Waals surface area (Å²) in [6.07, 6.45) is 1.95. The highest BCUT2D eigenvalue weighted by molar-refractivity contribution is 5.75. The maximum Gasteiger partial charge on any atom is 0.0145 e. The monoisotopic (exact) mass is 106 g/mol. The van der Waals surface area contributed by atoms with Gasteiger partial charge in [0.15, 0.2) is 0 Å². The summed E-state index contributed by atoms with van der Waals surface area (Å²) in [6, 6.07) is 2.06. The van der Waals surface area contributed by atoms with E-state index in [-0.39, 0.29) is 8.41 Å². The molecule has 0 aliphatic heterocycles. The summed E-state index contributed by atoms with van der Waals surface area (Å²) in [5, 5.41) is 0. The first kappa shape index (κ1) is 7.34. The largest absolute Gasteiger partial charge is 0.365 e. The van der Waals surface area contributed by atoms with Gasteiger partial charge in [0.25, 0.3) is 0 Å². The number of aromatic nitrogens is 1. The number of rotatable bonds is 0. The van der Waals surface area contributed by atoms with Gasteiger partial charge in [-0.1, -0.05) is 0 Å². The van der Waals surface area contributed by atoms with Crippen LogP contribution in [0.4, 0.5) is 0 Å². The molecule has 0 fully saturated rings. The van der Waals surface area contributed by atoms with Crippen LogP contribution in [0.2, 0.25) is 0 Å². The molecule has 0 bridgehead atoms. The molecule has 0 aromatic carbocycles. The van der Waals surface area contributed by atoms with Crippen molar-refractivity contribution in [3.8, 4) is 0 Å². The second-order valence-corrected chi connectivity index (χ2v) is 1.79. The number of H-pyrrole nitrogens is 1. The standard InChI is InChI=1S/C6H9N.B/c1-5-3-4-7-6(5)2;/h3-4,7H,1-2H3;. The van der Waals surface area contributed by atoms with E-state index in [1.54, 1.807) is 0 Å². The fraction of sp³-hybridized carbons (Fsp3) is 0.333. The van der Waals surface area contributed by atoms with E-state index in [0.717, 1.165) is 0 Å². The van der Waals surface area contributed by atoms with Gasteiger partial charge in [0.05, 0.1) is 0 Å². The molecule has 0 aliphatic rings. The summed E-state index contributed by atoms with van der Waals surface area (Å²) in [7, 11) is 0. The lowest BCUT2D eigenvalue weighted by atomic mass is 10.3. The van der Waals surface area contributed by atoms with Gasteiger partial charge in [0.2, 0.25) is 0 Å². The van der Waals surface area contributed by atoms with Gasteiger partial charge in [-0.3, -0.25) is 0 Å². The Balaban J connectivity index is 0.000000490. The Morgan fingerprint density at radius 1 is 1.38 bits per heavy atom. The second kappa shape index (κ2) is 2.60. The molecule has 8 heavy (non-hydrogen) atoms. The van der Waals surface area contributed by atoms with Crippen molar-refractivity contribution < 1.29 is 0 Å². The summed E-state index contributed by atoms with van der Waals surface area (Å²) in [6.45, 7) is 4.15. The smallest absolute Gasteiger partial charge is 0.0145 e. The van der Waals surface area contributed by atoms with Gasteiger partial charge in [-0.25, -0.2) is 0 Å². The van der Waals surface area contributed by atoms with Crippen LogP contribution in [-0.2, 0) is 0 Å². The number of hydrogen-bond donors (Lipinski definition) is 1. The molecule has 1 nitrogen and oxygen atoms in total. The molecule has 0 spiro atoms. The summed E-state index contributed by atoms with van der Waals surface area (Å²) in [5.41, 5.74) is 2.60. The van der Waals surface area contributed by atoms with Crippen LogP contribution in [-0.4, -0.2) is 13.4 Å². The van der Waals surface area contributed by atoms with E-state index in [9.17, 15) is 0 Å². The first-order chi connectivity index (χ1) is 3.30. The molecule has 3 radical (unpaired) electrons. The van der Waals surface area contributed by atoms with Gasteiger partial charge < -0.3 is 4.98 Å². The van der Waals surface area contributed by atoms with Gasteiger partial charge in [0, 0.05) is 20.3 Å². The zero-order valence-electron chi connectivity index (χ0n) is 5.23. The highest BCUT2D eigenvalue weighted by Crippen LogP contribution is 1.99. The summed E-state index contributed by atoms with van der Waals surface area (Å²) in [5.74, 6) is 0. The van der Waals surface area contributed by atoms with Gasteiger partial charge >= 0.3 is 0 Å². The SMILES string of the molecule is Cc1cc[nH]c1C.[B]. The zero-order valence-corrected chi connectivity index (χ0v) is 5.23. The molecule has 0 atom stereocenters. The molecule has 0 amide bonds. The quantitative estimate of drug-likeness (QED) is 0.479.